The highest BCUT2D eigenvalue weighted by Gasteiger charge is 2.02. The third kappa shape index (κ3) is 7.60. The summed E-state index contributed by atoms with van der Waals surface area (Å²) in [5, 5.41) is 15.4. The lowest BCUT2D eigenvalue weighted by Gasteiger charge is -2.12. The molecule has 0 saturated heterocycles. The zero-order valence-electron chi connectivity index (χ0n) is 14.7. The van der Waals surface area contributed by atoms with Crippen LogP contribution in [0.2, 0.25) is 5.02 Å². The predicted molar refractivity (Wildman–Crippen MR) is 114 cm³/mol. The number of hydrogen-bond acceptors (Lipinski definition) is 3. The van der Waals surface area contributed by atoms with Gasteiger partial charge in [0.05, 0.1) is 0 Å². The normalized spacial score (nSPS) is 11.1. The monoisotopic (exact) mass is 476 g/mol. The molecule has 6 nitrogen and oxygen atoms in total. The molecule has 25 heavy (non-hydrogen) atoms. The molecule has 0 atom stereocenters. The quantitative estimate of drug-likeness (QED) is 0.266. The SMILES string of the molecule is CCc1nncn1CCNC(=NC)NCCCc1ccc(Cl)cc1.I. The maximum atomic E-state index is 5.89. The number of rotatable bonds is 8. The van der Waals surface area contributed by atoms with Crippen LogP contribution in [0, 0.1) is 0 Å². The van der Waals surface area contributed by atoms with E-state index in [1.807, 2.05) is 12.1 Å². The van der Waals surface area contributed by atoms with E-state index in [1.165, 1.54) is 5.56 Å². The van der Waals surface area contributed by atoms with Crippen molar-refractivity contribution in [1.82, 2.24) is 25.4 Å². The van der Waals surface area contributed by atoms with Gasteiger partial charge in [-0.15, -0.1) is 34.2 Å². The summed E-state index contributed by atoms with van der Waals surface area (Å²) in [7, 11) is 1.78. The van der Waals surface area contributed by atoms with E-state index in [4.69, 9.17) is 11.6 Å². The van der Waals surface area contributed by atoms with Gasteiger partial charge in [0.25, 0.3) is 0 Å². The number of aromatic nitrogens is 3. The molecule has 0 amide bonds. The Kier molecular flexibility index (Phi) is 10.5. The summed E-state index contributed by atoms with van der Waals surface area (Å²) >= 11 is 5.89. The van der Waals surface area contributed by atoms with Crippen LogP contribution in [0.25, 0.3) is 0 Å². The van der Waals surface area contributed by atoms with Crippen molar-refractivity contribution in [3.8, 4) is 0 Å². The van der Waals surface area contributed by atoms with E-state index < -0.39 is 0 Å². The lowest BCUT2D eigenvalue weighted by atomic mass is 10.1. The van der Waals surface area contributed by atoms with Crippen LogP contribution < -0.4 is 10.6 Å². The summed E-state index contributed by atoms with van der Waals surface area (Å²) in [6.07, 6.45) is 4.70. The van der Waals surface area contributed by atoms with E-state index in [-0.39, 0.29) is 24.0 Å². The highest BCUT2D eigenvalue weighted by molar-refractivity contribution is 14.0. The number of aliphatic imine (C=N–C) groups is 1. The van der Waals surface area contributed by atoms with Gasteiger partial charge in [0.2, 0.25) is 0 Å². The first-order chi connectivity index (χ1) is 11.7. The molecule has 0 radical (unpaired) electrons. The minimum atomic E-state index is 0. The molecule has 1 aromatic heterocycles. The van der Waals surface area contributed by atoms with Gasteiger partial charge in [-0.25, -0.2) is 0 Å². The van der Waals surface area contributed by atoms with E-state index >= 15 is 0 Å². The van der Waals surface area contributed by atoms with E-state index in [9.17, 15) is 0 Å². The lowest BCUT2D eigenvalue weighted by Crippen LogP contribution is -2.39. The topological polar surface area (TPSA) is 67.1 Å². The summed E-state index contributed by atoms with van der Waals surface area (Å²) in [5.41, 5.74) is 1.30. The Morgan fingerprint density at radius 2 is 1.92 bits per heavy atom. The predicted octanol–water partition coefficient (Wildman–Crippen LogP) is 2.91. The number of benzene rings is 1. The van der Waals surface area contributed by atoms with Crippen LogP contribution >= 0.6 is 35.6 Å². The zero-order chi connectivity index (χ0) is 17.2. The summed E-state index contributed by atoms with van der Waals surface area (Å²) in [5.74, 6) is 1.82. The molecule has 0 fully saturated rings. The van der Waals surface area contributed by atoms with Gasteiger partial charge in [-0.3, -0.25) is 4.99 Å². The molecule has 0 unspecified atom stereocenters. The molecule has 0 bridgehead atoms. The minimum absolute atomic E-state index is 0. The first-order valence-electron chi connectivity index (χ1n) is 8.28. The van der Waals surface area contributed by atoms with Crippen molar-refractivity contribution >= 4 is 41.5 Å². The Bertz CT molecular complexity index is 641. The molecule has 0 aliphatic heterocycles. The van der Waals surface area contributed by atoms with Crippen LogP contribution in [0.15, 0.2) is 35.6 Å². The number of halogens is 2. The van der Waals surface area contributed by atoms with Crippen LogP contribution in [0.1, 0.15) is 24.7 Å². The van der Waals surface area contributed by atoms with Crippen LogP contribution in [-0.4, -0.2) is 40.9 Å². The van der Waals surface area contributed by atoms with Crippen LogP contribution in [0.4, 0.5) is 0 Å². The molecule has 2 N–H and O–H groups in total. The van der Waals surface area contributed by atoms with Crippen LogP contribution in [-0.2, 0) is 19.4 Å². The van der Waals surface area contributed by atoms with Gasteiger partial charge in [-0.1, -0.05) is 30.7 Å². The molecule has 0 spiro atoms. The molecule has 1 aromatic carbocycles. The van der Waals surface area contributed by atoms with Crippen LogP contribution in [0.5, 0.6) is 0 Å². The molecule has 8 heteroatoms. The fourth-order valence-electron chi connectivity index (χ4n) is 2.41. The summed E-state index contributed by atoms with van der Waals surface area (Å²) in [6.45, 7) is 4.55. The zero-order valence-corrected chi connectivity index (χ0v) is 17.8. The lowest BCUT2D eigenvalue weighted by molar-refractivity contribution is 0.630. The summed E-state index contributed by atoms with van der Waals surface area (Å²) in [6, 6.07) is 8.00. The second-order valence-electron chi connectivity index (χ2n) is 5.45. The van der Waals surface area contributed by atoms with E-state index in [0.717, 1.165) is 55.7 Å². The van der Waals surface area contributed by atoms with Crippen molar-refractivity contribution in [3.05, 3.63) is 47.0 Å². The molecule has 138 valence electrons. The number of aryl methyl sites for hydroxylation is 2. The minimum Gasteiger partial charge on any atom is -0.356 e. The smallest absolute Gasteiger partial charge is 0.191 e. The maximum absolute atomic E-state index is 5.89. The maximum Gasteiger partial charge on any atom is 0.191 e. The van der Waals surface area contributed by atoms with Gasteiger partial charge in [-0.2, -0.15) is 0 Å². The Labute approximate surface area is 171 Å². The van der Waals surface area contributed by atoms with E-state index in [2.05, 4.69) is 49.4 Å². The average molecular weight is 477 g/mol. The Morgan fingerprint density at radius 3 is 2.60 bits per heavy atom. The van der Waals surface area contributed by atoms with Gasteiger partial charge in [0.15, 0.2) is 5.96 Å². The van der Waals surface area contributed by atoms with E-state index in [1.54, 1.807) is 13.4 Å². The third-order valence-electron chi connectivity index (χ3n) is 3.73. The number of nitrogens with zero attached hydrogens (tertiary/aromatic N) is 4. The molecule has 1 heterocycles. The van der Waals surface area contributed by atoms with Crippen molar-refractivity contribution in [3.63, 3.8) is 0 Å². The van der Waals surface area contributed by atoms with Gasteiger partial charge in [-0.05, 0) is 30.5 Å². The third-order valence-corrected chi connectivity index (χ3v) is 3.98. The molecule has 2 aromatic rings. The van der Waals surface area contributed by atoms with Crippen molar-refractivity contribution in [2.45, 2.75) is 32.7 Å². The summed E-state index contributed by atoms with van der Waals surface area (Å²) < 4.78 is 2.06. The van der Waals surface area contributed by atoms with Crippen molar-refractivity contribution in [2.75, 3.05) is 20.1 Å². The van der Waals surface area contributed by atoms with Crippen molar-refractivity contribution in [2.24, 2.45) is 4.99 Å². The van der Waals surface area contributed by atoms with Gasteiger partial charge in [0, 0.05) is 38.1 Å². The fraction of sp³-hybridized carbons (Fsp3) is 0.471. The van der Waals surface area contributed by atoms with Crippen molar-refractivity contribution in [1.29, 1.82) is 0 Å². The first kappa shape index (κ1) is 21.7. The van der Waals surface area contributed by atoms with Gasteiger partial charge >= 0.3 is 0 Å². The molecular formula is C17H26ClIN6. The standard InChI is InChI=1S/C17H25ClN6.HI/c1-3-16-23-22-13-24(16)12-11-21-17(19-2)20-10-4-5-14-6-8-15(18)9-7-14;/h6-9,13H,3-5,10-12H2,1-2H3,(H2,19,20,21);1H. The fourth-order valence-corrected chi connectivity index (χ4v) is 2.53. The Morgan fingerprint density at radius 1 is 1.20 bits per heavy atom. The van der Waals surface area contributed by atoms with E-state index in [0.29, 0.717) is 0 Å². The van der Waals surface area contributed by atoms with Gasteiger partial charge < -0.3 is 15.2 Å². The summed E-state index contributed by atoms with van der Waals surface area (Å²) in [4.78, 5) is 4.24. The molecule has 2 rings (SSSR count). The molecule has 0 aliphatic rings. The number of nitrogens with one attached hydrogen (secondary N) is 2. The first-order valence-corrected chi connectivity index (χ1v) is 8.66. The van der Waals surface area contributed by atoms with Crippen molar-refractivity contribution < 1.29 is 0 Å². The largest absolute Gasteiger partial charge is 0.356 e. The van der Waals surface area contributed by atoms with Crippen LogP contribution in [0.3, 0.4) is 0 Å². The Hall–Kier alpha value is -1.35. The number of hydrogen-bond donors (Lipinski definition) is 2. The highest BCUT2D eigenvalue weighted by Crippen LogP contribution is 2.10. The molecular weight excluding hydrogens is 451 g/mol. The molecule has 0 saturated carbocycles. The number of guanidine groups is 1. The van der Waals surface area contributed by atoms with Gasteiger partial charge in [0.1, 0.15) is 12.2 Å². The average Bonchev–Trinajstić information content (AvgIpc) is 3.06. The molecule has 0 aliphatic carbocycles. The second-order valence-corrected chi connectivity index (χ2v) is 5.89. The Balaban J connectivity index is 0.00000312. The highest BCUT2D eigenvalue weighted by atomic mass is 127. The second kappa shape index (κ2) is 12.1.